The Hall–Kier alpha value is -2.05. The lowest BCUT2D eigenvalue weighted by molar-refractivity contribution is -0.139. The van der Waals surface area contributed by atoms with Crippen LogP contribution >= 0.6 is 0 Å². The smallest absolute Gasteiger partial charge is 0.326 e. The van der Waals surface area contributed by atoms with Crippen molar-refractivity contribution in [3.05, 3.63) is 22.1 Å². The molecular formula is C9H13N3O4. The Labute approximate surface area is 91.1 Å². The Morgan fingerprint density at radius 2 is 2.25 bits per heavy atom. The summed E-state index contributed by atoms with van der Waals surface area (Å²) in [4.78, 5) is 33.3. The SMILES string of the molecule is CCC(NC(=O)c1cc(=O)n(C)[nH]1)C(=O)O. The summed E-state index contributed by atoms with van der Waals surface area (Å²) in [6, 6.07) is 0.167. The Morgan fingerprint density at radius 1 is 1.62 bits per heavy atom. The molecule has 0 saturated carbocycles. The highest BCUT2D eigenvalue weighted by Crippen LogP contribution is 1.95. The molecule has 0 aromatic carbocycles. The first-order valence-electron chi connectivity index (χ1n) is 4.75. The van der Waals surface area contributed by atoms with Gasteiger partial charge in [-0.25, -0.2) is 4.79 Å². The maximum atomic E-state index is 11.5. The minimum absolute atomic E-state index is 0.0483. The predicted molar refractivity (Wildman–Crippen MR) is 55.2 cm³/mol. The van der Waals surface area contributed by atoms with Gasteiger partial charge in [-0.1, -0.05) is 6.92 Å². The number of amides is 1. The van der Waals surface area contributed by atoms with Gasteiger partial charge in [0.15, 0.2) is 0 Å². The Kier molecular flexibility index (Phi) is 3.49. The van der Waals surface area contributed by atoms with Crippen molar-refractivity contribution in [2.75, 3.05) is 0 Å². The number of carbonyl (C=O) groups excluding carboxylic acids is 1. The Morgan fingerprint density at radius 3 is 2.62 bits per heavy atom. The van der Waals surface area contributed by atoms with Crippen LogP contribution in [-0.4, -0.2) is 32.8 Å². The highest BCUT2D eigenvalue weighted by atomic mass is 16.4. The fourth-order valence-electron chi connectivity index (χ4n) is 1.18. The van der Waals surface area contributed by atoms with Gasteiger partial charge in [-0.15, -0.1) is 0 Å². The summed E-state index contributed by atoms with van der Waals surface area (Å²) in [5.74, 6) is -1.71. The molecule has 1 atom stereocenters. The second kappa shape index (κ2) is 4.65. The van der Waals surface area contributed by atoms with Gasteiger partial charge in [0, 0.05) is 13.1 Å². The summed E-state index contributed by atoms with van der Waals surface area (Å²) in [7, 11) is 1.47. The molecule has 0 saturated heterocycles. The summed E-state index contributed by atoms with van der Waals surface area (Å²) < 4.78 is 1.14. The normalized spacial score (nSPS) is 12.1. The van der Waals surface area contributed by atoms with E-state index >= 15 is 0 Å². The van der Waals surface area contributed by atoms with Crippen LogP contribution in [0.2, 0.25) is 0 Å². The van der Waals surface area contributed by atoms with Gasteiger partial charge in [-0.3, -0.25) is 19.4 Å². The van der Waals surface area contributed by atoms with Crippen LogP contribution in [0, 0.1) is 0 Å². The third-order valence-corrected chi connectivity index (χ3v) is 2.14. The molecule has 16 heavy (non-hydrogen) atoms. The molecule has 1 amide bonds. The first-order chi connectivity index (χ1) is 7.45. The molecule has 1 aromatic rings. The predicted octanol–water partition coefficient (Wildman–Crippen LogP) is -0.694. The molecule has 0 spiro atoms. The average Bonchev–Trinajstić information content (AvgIpc) is 2.55. The number of nitrogens with zero attached hydrogens (tertiary/aromatic N) is 1. The van der Waals surface area contributed by atoms with E-state index in [9.17, 15) is 14.4 Å². The Balaban J connectivity index is 2.79. The van der Waals surface area contributed by atoms with Crippen LogP contribution in [0.25, 0.3) is 0 Å². The first kappa shape index (κ1) is 12.0. The standard InChI is InChI=1S/C9H13N3O4/c1-3-5(9(15)16)10-8(14)6-4-7(13)12(2)11-6/h4-5,11H,3H2,1-2H3,(H,10,14)(H,15,16). The van der Waals surface area contributed by atoms with Gasteiger partial charge < -0.3 is 10.4 Å². The average molecular weight is 227 g/mol. The molecule has 7 nitrogen and oxygen atoms in total. The van der Waals surface area contributed by atoms with Crippen LogP contribution in [-0.2, 0) is 11.8 Å². The van der Waals surface area contributed by atoms with Crippen LogP contribution in [0.1, 0.15) is 23.8 Å². The van der Waals surface area contributed by atoms with Crippen LogP contribution in [0.4, 0.5) is 0 Å². The zero-order valence-corrected chi connectivity index (χ0v) is 8.98. The van der Waals surface area contributed by atoms with Crippen molar-refractivity contribution in [3.8, 4) is 0 Å². The van der Waals surface area contributed by atoms with Crippen molar-refractivity contribution in [2.45, 2.75) is 19.4 Å². The number of rotatable bonds is 4. The molecule has 0 aliphatic carbocycles. The molecule has 1 aromatic heterocycles. The maximum Gasteiger partial charge on any atom is 0.326 e. The lowest BCUT2D eigenvalue weighted by Gasteiger charge is -2.10. The number of aryl methyl sites for hydroxylation is 1. The van der Waals surface area contributed by atoms with Crippen LogP contribution in [0.5, 0.6) is 0 Å². The van der Waals surface area contributed by atoms with Gasteiger partial charge in [0.2, 0.25) is 0 Å². The molecule has 0 aliphatic rings. The number of carbonyl (C=O) groups is 2. The number of aliphatic carboxylic acids is 1. The number of hydrogen-bond acceptors (Lipinski definition) is 3. The molecule has 3 N–H and O–H groups in total. The minimum atomic E-state index is -1.10. The lowest BCUT2D eigenvalue weighted by Crippen LogP contribution is -2.40. The fourth-order valence-corrected chi connectivity index (χ4v) is 1.18. The molecular weight excluding hydrogens is 214 g/mol. The second-order valence-corrected chi connectivity index (χ2v) is 3.34. The third-order valence-electron chi connectivity index (χ3n) is 2.14. The van der Waals surface area contributed by atoms with Crippen molar-refractivity contribution in [3.63, 3.8) is 0 Å². The summed E-state index contributed by atoms with van der Waals surface area (Å²) >= 11 is 0. The van der Waals surface area contributed by atoms with Gasteiger partial charge in [0.1, 0.15) is 11.7 Å². The highest BCUT2D eigenvalue weighted by Gasteiger charge is 2.19. The number of aromatic nitrogens is 2. The van der Waals surface area contributed by atoms with E-state index < -0.39 is 17.9 Å². The van der Waals surface area contributed by atoms with Crippen molar-refractivity contribution in [1.82, 2.24) is 15.1 Å². The molecule has 1 rings (SSSR count). The van der Waals surface area contributed by atoms with Gasteiger partial charge in [-0.05, 0) is 6.42 Å². The van der Waals surface area contributed by atoms with E-state index in [-0.39, 0.29) is 17.7 Å². The van der Waals surface area contributed by atoms with Crippen molar-refractivity contribution in [2.24, 2.45) is 7.05 Å². The number of carboxylic acids is 1. The largest absolute Gasteiger partial charge is 0.480 e. The van der Waals surface area contributed by atoms with Gasteiger partial charge in [0.05, 0.1) is 0 Å². The quantitative estimate of drug-likeness (QED) is 0.633. The molecule has 1 unspecified atom stereocenters. The van der Waals surface area contributed by atoms with Gasteiger partial charge >= 0.3 is 5.97 Å². The van der Waals surface area contributed by atoms with Crippen molar-refractivity contribution < 1.29 is 14.7 Å². The van der Waals surface area contributed by atoms with E-state index in [0.717, 1.165) is 10.7 Å². The van der Waals surface area contributed by atoms with E-state index in [1.807, 2.05) is 0 Å². The number of hydrogen-bond donors (Lipinski definition) is 3. The second-order valence-electron chi connectivity index (χ2n) is 3.34. The molecule has 1 heterocycles. The zero-order valence-electron chi connectivity index (χ0n) is 8.98. The van der Waals surface area contributed by atoms with Gasteiger partial charge in [-0.2, -0.15) is 0 Å². The summed E-state index contributed by atoms with van der Waals surface area (Å²) in [6.07, 6.45) is 0.276. The topological polar surface area (TPSA) is 104 Å². The van der Waals surface area contributed by atoms with Crippen LogP contribution in [0.15, 0.2) is 10.9 Å². The van der Waals surface area contributed by atoms with E-state index in [1.165, 1.54) is 7.05 Å². The number of nitrogens with one attached hydrogen (secondary N) is 2. The molecule has 0 fully saturated rings. The molecule has 88 valence electrons. The lowest BCUT2D eigenvalue weighted by atomic mass is 10.2. The van der Waals surface area contributed by atoms with Gasteiger partial charge in [0.25, 0.3) is 11.5 Å². The molecule has 0 radical (unpaired) electrons. The maximum absolute atomic E-state index is 11.5. The van der Waals surface area contributed by atoms with E-state index in [4.69, 9.17) is 5.11 Å². The van der Waals surface area contributed by atoms with E-state index in [0.29, 0.717) is 0 Å². The fraction of sp³-hybridized carbons (Fsp3) is 0.444. The van der Waals surface area contributed by atoms with E-state index in [2.05, 4.69) is 10.4 Å². The highest BCUT2D eigenvalue weighted by molar-refractivity contribution is 5.94. The first-order valence-corrected chi connectivity index (χ1v) is 4.75. The summed E-state index contributed by atoms with van der Waals surface area (Å²) in [5, 5.41) is 13.5. The van der Waals surface area contributed by atoms with E-state index in [1.54, 1.807) is 6.92 Å². The van der Waals surface area contributed by atoms with Crippen molar-refractivity contribution in [1.29, 1.82) is 0 Å². The number of carboxylic acid groups (broad SMARTS) is 1. The zero-order chi connectivity index (χ0) is 12.3. The molecule has 7 heteroatoms. The molecule has 0 bridgehead atoms. The molecule has 0 aliphatic heterocycles. The third kappa shape index (κ3) is 2.50. The Bertz CT molecular complexity index is 460. The summed E-state index contributed by atoms with van der Waals surface area (Å²) in [5.41, 5.74) is -0.305. The van der Waals surface area contributed by atoms with Crippen LogP contribution in [0.3, 0.4) is 0 Å². The monoisotopic (exact) mass is 227 g/mol. The number of aromatic amines is 1. The van der Waals surface area contributed by atoms with Crippen molar-refractivity contribution >= 4 is 11.9 Å². The summed E-state index contributed by atoms with van der Waals surface area (Å²) in [6.45, 7) is 1.65. The minimum Gasteiger partial charge on any atom is -0.480 e. The number of H-pyrrole nitrogens is 1. The van der Waals surface area contributed by atoms with Crippen LogP contribution < -0.4 is 10.9 Å².